The average Bonchev–Trinajstić information content (AvgIpc) is 2.35. The SMILES string of the molecule is CCC(C)C(Cc1ccccc1OC)NC. The van der Waals surface area contributed by atoms with Gasteiger partial charge in [-0.05, 0) is 31.0 Å². The average molecular weight is 221 g/mol. The predicted molar refractivity (Wildman–Crippen MR) is 69.0 cm³/mol. The molecule has 0 radical (unpaired) electrons. The Morgan fingerprint density at radius 2 is 2.00 bits per heavy atom. The normalized spacial score (nSPS) is 14.5. The summed E-state index contributed by atoms with van der Waals surface area (Å²) in [6, 6.07) is 8.77. The molecule has 0 spiro atoms. The fraction of sp³-hybridized carbons (Fsp3) is 0.571. The van der Waals surface area contributed by atoms with Crippen LogP contribution in [-0.2, 0) is 6.42 Å². The van der Waals surface area contributed by atoms with E-state index in [1.807, 2.05) is 19.2 Å². The molecule has 1 N–H and O–H groups in total. The van der Waals surface area contributed by atoms with Gasteiger partial charge in [-0.3, -0.25) is 0 Å². The van der Waals surface area contributed by atoms with Crippen molar-refractivity contribution in [2.45, 2.75) is 32.7 Å². The summed E-state index contributed by atoms with van der Waals surface area (Å²) < 4.78 is 5.38. The highest BCUT2D eigenvalue weighted by Gasteiger charge is 2.15. The minimum Gasteiger partial charge on any atom is -0.496 e. The van der Waals surface area contributed by atoms with E-state index in [1.165, 1.54) is 12.0 Å². The van der Waals surface area contributed by atoms with E-state index in [2.05, 4.69) is 31.3 Å². The summed E-state index contributed by atoms with van der Waals surface area (Å²) in [5.41, 5.74) is 1.28. The Hall–Kier alpha value is -1.02. The van der Waals surface area contributed by atoms with Crippen LogP contribution in [0.25, 0.3) is 0 Å². The van der Waals surface area contributed by atoms with Crippen LogP contribution in [0, 0.1) is 5.92 Å². The molecule has 1 rings (SSSR count). The molecule has 0 amide bonds. The Morgan fingerprint density at radius 3 is 2.56 bits per heavy atom. The van der Waals surface area contributed by atoms with Crippen molar-refractivity contribution in [3.8, 4) is 5.75 Å². The smallest absolute Gasteiger partial charge is 0.122 e. The van der Waals surface area contributed by atoms with Gasteiger partial charge in [-0.2, -0.15) is 0 Å². The molecule has 0 aliphatic heterocycles. The van der Waals surface area contributed by atoms with Gasteiger partial charge in [0.05, 0.1) is 7.11 Å². The first-order valence-electron chi connectivity index (χ1n) is 6.02. The molecule has 0 heterocycles. The third kappa shape index (κ3) is 3.24. The van der Waals surface area contributed by atoms with Gasteiger partial charge in [-0.25, -0.2) is 0 Å². The number of hydrogen-bond acceptors (Lipinski definition) is 2. The van der Waals surface area contributed by atoms with Crippen LogP contribution in [0.3, 0.4) is 0 Å². The standard InChI is InChI=1S/C14H23NO/c1-5-11(2)13(15-3)10-12-8-6-7-9-14(12)16-4/h6-9,11,13,15H,5,10H2,1-4H3. The molecular formula is C14H23NO. The Bertz CT molecular complexity index is 311. The first kappa shape index (κ1) is 13.0. The van der Waals surface area contributed by atoms with E-state index in [0.29, 0.717) is 12.0 Å². The molecule has 0 saturated heterocycles. The van der Waals surface area contributed by atoms with Crippen LogP contribution < -0.4 is 10.1 Å². The number of likely N-dealkylation sites (N-methyl/N-ethyl adjacent to an activating group) is 1. The molecule has 0 saturated carbocycles. The largest absolute Gasteiger partial charge is 0.496 e. The van der Waals surface area contributed by atoms with Gasteiger partial charge in [0.1, 0.15) is 5.75 Å². The molecule has 16 heavy (non-hydrogen) atoms. The molecule has 0 bridgehead atoms. The predicted octanol–water partition coefficient (Wildman–Crippen LogP) is 2.87. The lowest BCUT2D eigenvalue weighted by Gasteiger charge is -2.23. The highest BCUT2D eigenvalue weighted by molar-refractivity contribution is 5.33. The van der Waals surface area contributed by atoms with E-state index < -0.39 is 0 Å². The van der Waals surface area contributed by atoms with E-state index in [9.17, 15) is 0 Å². The van der Waals surface area contributed by atoms with Crippen molar-refractivity contribution in [3.63, 3.8) is 0 Å². The van der Waals surface area contributed by atoms with Crippen molar-refractivity contribution in [1.29, 1.82) is 0 Å². The summed E-state index contributed by atoms with van der Waals surface area (Å²) in [6.07, 6.45) is 2.22. The van der Waals surface area contributed by atoms with Gasteiger partial charge >= 0.3 is 0 Å². The lowest BCUT2D eigenvalue weighted by atomic mass is 9.93. The number of para-hydroxylation sites is 1. The highest BCUT2D eigenvalue weighted by Crippen LogP contribution is 2.21. The maximum Gasteiger partial charge on any atom is 0.122 e. The molecule has 0 aliphatic rings. The Balaban J connectivity index is 2.77. The van der Waals surface area contributed by atoms with Crippen LogP contribution in [0.2, 0.25) is 0 Å². The van der Waals surface area contributed by atoms with E-state index in [1.54, 1.807) is 7.11 Å². The second-order valence-electron chi connectivity index (χ2n) is 4.30. The summed E-state index contributed by atoms with van der Waals surface area (Å²) in [7, 11) is 3.77. The van der Waals surface area contributed by atoms with Crippen molar-refractivity contribution < 1.29 is 4.74 Å². The lowest BCUT2D eigenvalue weighted by molar-refractivity contribution is 0.372. The maximum atomic E-state index is 5.38. The second-order valence-corrected chi connectivity index (χ2v) is 4.30. The van der Waals surface area contributed by atoms with Gasteiger partial charge in [-0.1, -0.05) is 38.5 Å². The second kappa shape index (κ2) is 6.54. The first-order chi connectivity index (χ1) is 7.72. The van der Waals surface area contributed by atoms with Crippen molar-refractivity contribution >= 4 is 0 Å². The molecule has 2 unspecified atom stereocenters. The van der Waals surface area contributed by atoms with Gasteiger partial charge in [0.25, 0.3) is 0 Å². The van der Waals surface area contributed by atoms with E-state index >= 15 is 0 Å². The molecule has 0 fully saturated rings. The summed E-state index contributed by atoms with van der Waals surface area (Å²) in [4.78, 5) is 0. The third-order valence-electron chi connectivity index (χ3n) is 3.33. The van der Waals surface area contributed by atoms with Gasteiger partial charge < -0.3 is 10.1 Å². The first-order valence-corrected chi connectivity index (χ1v) is 6.02. The number of methoxy groups -OCH3 is 1. The van der Waals surface area contributed by atoms with Crippen LogP contribution in [0.15, 0.2) is 24.3 Å². The number of nitrogens with one attached hydrogen (secondary N) is 1. The van der Waals surface area contributed by atoms with Gasteiger partial charge in [0.2, 0.25) is 0 Å². The fourth-order valence-corrected chi connectivity index (χ4v) is 1.98. The summed E-state index contributed by atoms with van der Waals surface area (Å²) in [5.74, 6) is 1.67. The molecule has 0 aliphatic carbocycles. The fourth-order valence-electron chi connectivity index (χ4n) is 1.98. The van der Waals surface area contributed by atoms with Crippen molar-refractivity contribution in [2.75, 3.05) is 14.2 Å². The Morgan fingerprint density at radius 1 is 1.31 bits per heavy atom. The van der Waals surface area contributed by atoms with Gasteiger partial charge in [0.15, 0.2) is 0 Å². The lowest BCUT2D eigenvalue weighted by Crippen LogP contribution is -2.33. The van der Waals surface area contributed by atoms with Gasteiger partial charge in [-0.15, -0.1) is 0 Å². The van der Waals surface area contributed by atoms with E-state index in [-0.39, 0.29) is 0 Å². The summed E-state index contributed by atoms with van der Waals surface area (Å²) in [6.45, 7) is 4.52. The summed E-state index contributed by atoms with van der Waals surface area (Å²) >= 11 is 0. The minimum absolute atomic E-state index is 0.515. The van der Waals surface area contributed by atoms with Crippen LogP contribution in [-0.4, -0.2) is 20.2 Å². The van der Waals surface area contributed by atoms with Crippen LogP contribution in [0.4, 0.5) is 0 Å². The van der Waals surface area contributed by atoms with Crippen molar-refractivity contribution in [2.24, 2.45) is 5.92 Å². The zero-order valence-corrected chi connectivity index (χ0v) is 10.8. The molecule has 1 aromatic carbocycles. The number of hydrogen-bond donors (Lipinski definition) is 1. The third-order valence-corrected chi connectivity index (χ3v) is 3.33. The molecular weight excluding hydrogens is 198 g/mol. The highest BCUT2D eigenvalue weighted by atomic mass is 16.5. The monoisotopic (exact) mass is 221 g/mol. The topological polar surface area (TPSA) is 21.3 Å². The van der Waals surface area contributed by atoms with E-state index in [4.69, 9.17) is 4.74 Å². The van der Waals surface area contributed by atoms with Crippen LogP contribution >= 0.6 is 0 Å². The molecule has 90 valence electrons. The zero-order valence-electron chi connectivity index (χ0n) is 10.8. The number of benzene rings is 1. The molecule has 2 nitrogen and oxygen atoms in total. The molecule has 2 atom stereocenters. The van der Waals surface area contributed by atoms with Crippen LogP contribution in [0.5, 0.6) is 5.75 Å². The van der Waals surface area contributed by atoms with Crippen molar-refractivity contribution in [3.05, 3.63) is 29.8 Å². The molecule has 1 aromatic rings. The van der Waals surface area contributed by atoms with E-state index in [0.717, 1.165) is 12.2 Å². The Labute approximate surface area is 99.0 Å². The minimum atomic E-state index is 0.515. The molecule has 0 aromatic heterocycles. The van der Waals surface area contributed by atoms with Crippen LogP contribution in [0.1, 0.15) is 25.8 Å². The van der Waals surface area contributed by atoms with Crippen molar-refractivity contribution in [1.82, 2.24) is 5.32 Å². The number of ether oxygens (including phenoxy) is 1. The summed E-state index contributed by atoms with van der Waals surface area (Å²) in [5, 5.41) is 3.40. The number of rotatable bonds is 6. The quantitative estimate of drug-likeness (QED) is 0.797. The van der Waals surface area contributed by atoms with Gasteiger partial charge in [0, 0.05) is 6.04 Å². The maximum absolute atomic E-state index is 5.38. The Kier molecular flexibility index (Phi) is 5.33. The molecule has 2 heteroatoms. The zero-order chi connectivity index (χ0) is 12.0.